The van der Waals surface area contributed by atoms with Gasteiger partial charge in [0.15, 0.2) is 0 Å². The lowest BCUT2D eigenvalue weighted by molar-refractivity contribution is -0.119. The van der Waals surface area contributed by atoms with Gasteiger partial charge in [0.2, 0.25) is 0 Å². The molecule has 2 aromatic heterocycles. The molecule has 0 radical (unpaired) electrons. The highest BCUT2D eigenvalue weighted by Crippen LogP contribution is 2.28. The number of ether oxygens (including phenoxy) is 2. The molecule has 0 saturated carbocycles. The lowest BCUT2D eigenvalue weighted by Crippen LogP contribution is -2.41. The summed E-state index contributed by atoms with van der Waals surface area (Å²) < 4.78 is 8.37. The molecule has 2 aromatic rings. The number of urea groups is 1. The molecule has 0 unspecified atom stereocenters. The SMILES string of the molecule is CC.COC(=O)c1cnn2c(C)cc(NC(=O)NC(=O)C(Cl)(Cl)Cl)c(C(=O)OC)c12. The minimum absolute atomic E-state index is 0.0348. The zero-order valence-electron chi connectivity index (χ0n) is 16.6. The van der Waals surface area contributed by atoms with Gasteiger partial charge in [-0.2, -0.15) is 5.10 Å². The molecule has 0 spiro atoms. The van der Waals surface area contributed by atoms with Crippen LogP contribution in [0.2, 0.25) is 0 Å². The number of anilines is 1. The Morgan fingerprint density at radius 1 is 1.07 bits per heavy atom. The second-order valence-electron chi connectivity index (χ2n) is 5.28. The molecule has 0 aliphatic rings. The average molecular weight is 482 g/mol. The van der Waals surface area contributed by atoms with Crippen molar-refractivity contribution in [2.45, 2.75) is 24.6 Å². The number of hydrogen-bond acceptors (Lipinski definition) is 7. The third-order valence-corrected chi connectivity index (χ3v) is 4.01. The van der Waals surface area contributed by atoms with Crippen molar-refractivity contribution in [1.82, 2.24) is 14.9 Å². The van der Waals surface area contributed by atoms with Crippen LogP contribution in [0.25, 0.3) is 5.52 Å². The second kappa shape index (κ2) is 10.5. The standard InChI is InChI=1S/C15H13Cl3N4O6.C2H6/c1-6-4-8(20-14(26)21-13(25)15(16,17)18)9(12(24)28-3)10-7(11(23)27-2)5-19-22(6)10;1-2/h4-5H,1-3H3,(H2,20,21,25,26);1-2H3. The van der Waals surface area contributed by atoms with Gasteiger partial charge in [-0.25, -0.2) is 18.9 Å². The van der Waals surface area contributed by atoms with Crippen molar-refractivity contribution in [3.8, 4) is 0 Å². The fourth-order valence-electron chi connectivity index (χ4n) is 2.32. The van der Waals surface area contributed by atoms with Gasteiger partial charge in [0, 0.05) is 5.69 Å². The molecule has 3 amide bonds. The zero-order chi connectivity index (χ0) is 23.2. The summed E-state index contributed by atoms with van der Waals surface area (Å²) in [5.41, 5.74) is 0.189. The van der Waals surface area contributed by atoms with Gasteiger partial charge in [-0.15, -0.1) is 0 Å². The molecule has 0 aromatic carbocycles. The third kappa shape index (κ3) is 5.53. The number of fused-ring (bicyclic) bond motifs is 1. The van der Waals surface area contributed by atoms with Crippen molar-refractivity contribution in [2.75, 3.05) is 19.5 Å². The van der Waals surface area contributed by atoms with Crippen molar-refractivity contribution in [3.63, 3.8) is 0 Å². The molecule has 30 heavy (non-hydrogen) atoms. The van der Waals surface area contributed by atoms with Crippen LogP contribution >= 0.6 is 34.8 Å². The number of nitrogens with zero attached hydrogens (tertiary/aromatic N) is 2. The van der Waals surface area contributed by atoms with Crippen LogP contribution in [0.1, 0.15) is 40.3 Å². The Morgan fingerprint density at radius 2 is 1.63 bits per heavy atom. The van der Waals surface area contributed by atoms with Gasteiger partial charge in [0.1, 0.15) is 11.1 Å². The van der Waals surface area contributed by atoms with E-state index in [1.54, 1.807) is 6.92 Å². The van der Waals surface area contributed by atoms with Gasteiger partial charge >= 0.3 is 18.0 Å². The Morgan fingerprint density at radius 3 is 2.13 bits per heavy atom. The number of carbonyl (C=O) groups excluding carboxylic acids is 4. The lowest BCUT2D eigenvalue weighted by Gasteiger charge is -2.15. The van der Waals surface area contributed by atoms with Gasteiger partial charge in [-0.3, -0.25) is 10.1 Å². The number of aromatic nitrogens is 2. The number of pyridine rings is 1. The van der Waals surface area contributed by atoms with Crippen LogP contribution in [0.3, 0.4) is 0 Å². The van der Waals surface area contributed by atoms with E-state index in [4.69, 9.17) is 39.5 Å². The Bertz CT molecular complexity index is 984. The molecule has 10 nitrogen and oxygen atoms in total. The Labute approximate surface area is 186 Å². The number of halogens is 3. The summed E-state index contributed by atoms with van der Waals surface area (Å²) in [5, 5.41) is 8.15. The third-order valence-electron chi connectivity index (χ3n) is 3.49. The number of imide groups is 1. The fourth-order valence-corrected chi connectivity index (χ4v) is 2.46. The minimum Gasteiger partial charge on any atom is -0.465 e. The Hall–Kier alpha value is -2.56. The number of alkyl halides is 3. The number of rotatable bonds is 3. The maximum Gasteiger partial charge on any atom is 0.342 e. The largest absolute Gasteiger partial charge is 0.465 e. The fraction of sp³-hybridized carbons (Fsp3) is 0.353. The highest BCUT2D eigenvalue weighted by Gasteiger charge is 2.32. The molecular formula is C17H19Cl3N4O6. The summed E-state index contributed by atoms with van der Waals surface area (Å²) in [6, 6.07) is 0.302. The Kier molecular flexibility index (Phi) is 8.89. The molecule has 0 bridgehead atoms. The number of methoxy groups -OCH3 is 2. The first-order valence-electron chi connectivity index (χ1n) is 8.38. The molecular weight excluding hydrogens is 463 g/mol. The van der Waals surface area contributed by atoms with Crippen molar-refractivity contribution in [1.29, 1.82) is 0 Å². The van der Waals surface area contributed by atoms with Crippen LogP contribution in [0.15, 0.2) is 12.3 Å². The average Bonchev–Trinajstić information content (AvgIpc) is 3.13. The predicted octanol–water partition coefficient (Wildman–Crippen LogP) is 3.26. The van der Waals surface area contributed by atoms with Crippen molar-refractivity contribution >= 4 is 69.9 Å². The molecule has 2 N–H and O–H groups in total. The summed E-state index contributed by atoms with van der Waals surface area (Å²) in [6.45, 7) is 5.61. The van der Waals surface area contributed by atoms with Gasteiger partial charge < -0.3 is 14.8 Å². The normalized spacial score (nSPS) is 10.5. The summed E-state index contributed by atoms with van der Waals surface area (Å²) >= 11 is 16.2. The first-order chi connectivity index (χ1) is 14.0. The molecule has 0 saturated heterocycles. The van der Waals surface area contributed by atoms with E-state index < -0.39 is 27.7 Å². The minimum atomic E-state index is -2.37. The Balaban J connectivity index is 0.00000218. The van der Waals surface area contributed by atoms with Crippen LogP contribution in [0, 0.1) is 6.92 Å². The molecule has 2 heterocycles. The molecule has 2 rings (SSSR count). The molecule has 0 fully saturated rings. The molecule has 164 valence electrons. The summed E-state index contributed by atoms with van der Waals surface area (Å²) in [6.07, 6.45) is 1.21. The summed E-state index contributed by atoms with van der Waals surface area (Å²) in [4.78, 5) is 48.1. The van der Waals surface area contributed by atoms with Crippen LogP contribution in [-0.2, 0) is 14.3 Å². The number of esters is 2. The van der Waals surface area contributed by atoms with E-state index in [0.29, 0.717) is 5.69 Å². The van der Waals surface area contributed by atoms with Gasteiger partial charge in [-0.1, -0.05) is 48.7 Å². The maximum atomic E-state index is 12.4. The van der Waals surface area contributed by atoms with Crippen LogP contribution in [-0.4, -0.2) is 51.5 Å². The number of hydrogen-bond donors (Lipinski definition) is 2. The number of amides is 3. The highest BCUT2D eigenvalue weighted by molar-refractivity contribution is 6.76. The smallest absolute Gasteiger partial charge is 0.342 e. The topological polar surface area (TPSA) is 128 Å². The van der Waals surface area contributed by atoms with E-state index >= 15 is 0 Å². The van der Waals surface area contributed by atoms with Gasteiger partial charge in [-0.05, 0) is 13.0 Å². The van der Waals surface area contributed by atoms with Crippen LogP contribution in [0.4, 0.5) is 10.5 Å². The van der Waals surface area contributed by atoms with E-state index in [2.05, 4.69) is 15.2 Å². The maximum absolute atomic E-state index is 12.4. The lowest BCUT2D eigenvalue weighted by atomic mass is 10.1. The number of carbonyl (C=O) groups is 4. The monoisotopic (exact) mass is 480 g/mol. The molecule has 0 atom stereocenters. The first-order valence-corrected chi connectivity index (χ1v) is 9.51. The van der Waals surface area contributed by atoms with E-state index in [0.717, 1.165) is 14.2 Å². The molecule has 13 heteroatoms. The number of nitrogens with one attached hydrogen (secondary N) is 2. The van der Waals surface area contributed by atoms with Crippen molar-refractivity contribution in [2.24, 2.45) is 0 Å². The van der Waals surface area contributed by atoms with Gasteiger partial charge in [0.25, 0.3) is 9.70 Å². The van der Waals surface area contributed by atoms with Crippen LogP contribution in [0.5, 0.6) is 0 Å². The highest BCUT2D eigenvalue weighted by atomic mass is 35.6. The van der Waals surface area contributed by atoms with E-state index in [9.17, 15) is 19.2 Å². The zero-order valence-corrected chi connectivity index (χ0v) is 18.9. The summed E-state index contributed by atoms with van der Waals surface area (Å²) in [5.74, 6) is -2.83. The van der Waals surface area contributed by atoms with Crippen molar-refractivity contribution in [3.05, 3.63) is 29.1 Å². The van der Waals surface area contributed by atoms with E-state index in [1.165, 1.54) is 16.8 Å². The quantitative estimate of drug-likeness (QED) is 0.508. The first kappa shape index (κ1) is 25.5. The second-order valence-corrected chi connectivity index (χ2v) is 7.56. The predicted molar refractivity (Wildman–Crippen MR) is 111 cm³/mol. The molecule has 0 aliphatic heterocycles. The van der Waals surface area contributed by atoms with E-state index in [1.807, 2.05) is 19.2 Å². The van der Waals surface area contributed by atoms with E-state index in [-0.39, 0.29) is 22.3 Å². The van der Waals surface area contributed by atoms with Crippen LogP contribution < -0.4 is 10.6 Å². The number of aryl methyl sites for hydroxylation is 1. The summed E-state index contributed by atoms with van der Waals surface area (Å²) in [7, 11) is 2.28. The molecule has 0 aliphatic carbocycles. The van der Waals surface area contributed by atoms with Crippen molar-refractivity contribution < 1.29 is 28.7 Å². The van der Waals surface area contributed by atoms with Gasteiger partial charge in [0.05, 0.1) is 31.6 Å².